The standard InChI is InChI=1S/C18H27N5/c1-14-6-8-16(9-7-14)13-20-17-12-15(2)21-18(22-17)19-10-5-11-23(3)4/h6-9,12H,5,10-11,13H2,1-4H3,(H2,19,20,21,22). The Labute approximate surface area is 139 Å². The third kappa shape index (κ3) is 6.24. The number of hydrogen-bond donors (Lipinski definition) is 2. The van der Waals surface area contributed by atoms with Gasteiger partial charge in [-0.3, -0.25) is 0 Å². The van der Waals surface area contributed by atoms with E-state index in [4.69, 9.17) is 0 Å². The van der Waals surface area contributed by atoms with Crippen molar-refractivity contribution >= 4 is 11.8 Å². The van der Waals surface area contributed by atoms with E-state index in [1.807, 2.05) is 13.0 Å². The van der Waals surface area contributed by atoms with Crippen molar-refractivity contribution in [2.45, 2.75) is 26.8 Å². The van der Waals surface area contributed by atoms with Crippen LogP contribution in [-0.2, 0) is 6.54 Å². The first-order valence-electron chi connectivity index (χ1n) is 8.06. The molecule has 0 aliphatic carbocycles. The number of aromatic nitrogens is 2. The highest BCUT2D eigenvalue weighted by Crippen LogP contribution is 2.12. The smallest absolute Gasteiger partial charge is 0.224 e. The summed E-state index contributed by atoms with van der Waals surface area (Å²) in [7, 11) is 4.16. The number of rotatable bonds is 8. The van der Waals surface area contributed by atoms with E-state index >= 15 is 0 Å². The van der Waals surface area contributed by atoms with Crippen molar-refractivity contribution in [2.24, 2.45) is 0 Å². The second-order valence-electron chi connectivity index (χ2n) is 6.14. The van der Waals surface area contributed by atoms with Gasteiger partial charge in [0.1, 0.15) is 5.82 Å². The largest absolute Gasteiger partial charge is 0.366 e. The molecule has 0 atom stereocenters. The second kappa shape index (κ2) is 8.48. The second-order valence-corrected chi connectivity index (χ2v) is 6.14. The fourth-order valence-electron chi connectivity index (χ4n) is 2.23. The molecule has 23 heavy (non-hydrogen) atoms. The van der Waals surface area contributed by atoms with Crippen LogP contribution in [0.4, 0.5) is 11.8 Å². The number of nitrogens with zero attached hydrogens (tertiary/aromatic N) is 3. The topological polar surface area (TPSA) is 53.1 Å². The van der Waals surface area contributed by atoms with Gasteiger partial charge < -0.3 is 15.5 Å². The van der Waals surface area contributed by atoms with Crippen LogP contribution in [0.5, 0.6) is 0 Å². The Kier molecular flexibility index (Phi) is 6.35. The molecular formula is C18H27N5. The summed E-state index contributed by atoms with van der Waals surface area (Å²) in [5.74, 6) is 1.54. The summed E-state index contributed by atoms with van der Waals surface area (Å²) in [5.41, 5.74) is 3.48. The highest BCUT2D eigenvalue weighted by Gasteiger charge is 2.02. The van der Waals surface area contributed by atoms with Gasteiger partial charge in [0, 0.05) is 24.8 Å². The lowest BCUT2D eigenvalue weighted by Crippen LogP contribution is -2.17. The van der Waals surface area contributed by atoms with E-state index in [-0.39, 0.29) is 0 Å². The normalized spacial score (nSPS) is 10.8. The average Bonchev–Trinajstić information content (AvgIpc) is 2.50. The summed E-state index contributed by atoms with van der Waals surface area (Å²) in [5, 5.41) is 6.67. The zero-order valence-electron chi connectivity index (χ0n) is 14.6. The van der Waals surface area contributed by atoms with Crippen LogP contribution < -0.4 is 10.6 Å². The van der Waals surface area contributed by atoms with Gasteiger partial charge in [0.25, 0.3) is 0 Å². The fourth-order valence-corrected chi connectivity index (χ4v) is 2.23. The number of hydrogen-bond acceptors (Lipinski definition) is 5. The van der Waals surface area contributed by atoms with Gasteiger partial charge in [0.15, 0.2) is 0 Å². The van der Waals surface area contributed by atoms with E-state index in [1.165, 1.54) is 11.1 Å². The van der Waals surface area contributed by atoms with Crippen LogP contribution in [0.15, 0.2) is 30.3 Å². The van der Waals surface area contributed by atoms with Gasteiger partial charge in [0.2, 0.25) is 5.95 Å². The minimum atomic E-state index is 0.690. The van der Waals surface area contributed by atoms with Gasteiger partial charge in [-0.05, 0) is 46.5 Å². The van der Waals surface area contributed by atoms with Crippen LogP contribution in [-0.4, -0.2) is 42.1 Å². The summed E-state index contributed by atoms with van der Waals surface area (Å²) in [6.45, 7) is 6.77. The Morgan fingerprint density at radius 1 is 1.00 bits per heavy atom. The highest BCUT2D eigenvalue weighted by atomic mass is 15.1. The van der Waals surface area contributed by atoms with Crippen molar-refractivity contribution in [2.75, 3.05) is 37.8 Å². The Morgan fingerprint density at radius 2 is 1.74 bits per heavy atom. The predicted octanol–water partition coefficient (Wildman–Crippen LogP) is 3.07. The van der Waals surface area contributed by atoms with Crippen molar-refractivity contribution < 1.29 is 0 Å². The molecule has 124 valence electrons. The Balaban J connectivity index is 1.90. The van der Waals surface area contributed by atoms with E-state index in [2.05, 4.69) is 70.8 Å². The SMILES string of the molecule is Cc1ccc(CNc2cc(C)nc(NCCCN(C)C)n2)cc1. The molecule has 1 aromatic heterocycles. The average molecular weight is 313 g/mol. The summed E-state index contributed by atoms with van der Waals surface area (Å²) in [6.07, 6.45) is 1.07. The van der Waals surface area contributed by atoms with Crippen molar-refractivity contribution in [3.05, 3.63) is 47.2 Å². The minimum absolute atomic E-state index is 0.690. The van der Waals surface area contributed by atoms with Crippen LogP contribution in [0.1, 0.15) is 23.2 Å². The zero-order valence-corrected chi connectivity index (χ0v) is 14.6. The van der Waals surface area contributed by atoms with Crippen LogP contribution in [0.25, 0.3) is 0 Å². The Morgan fingerprint density at radius 3 is 2.43 bits per heavy atom. The molecule has 0 saturated carbocycles. The van der Waals surface area contributed by atoms with E-state index in [0.717, 1.165) is 37.6 Å². The van der Waals surface area contributed by atoms with E-state index < -0.39 is 0 Å². The van der Waals surface area contributed by atoms with Crippen molar-refractivity contribution in [1.82, 2.24) is 14.9 Å². The maximum Gasteiger partial charge on any atom is 0.224 e. The first-order valence-corrected chi connectivity index (χ1v) is 8.06. The molecule has 0 amide bonds. The molecule has 0 aliphatic heterocycles. The molecule has 0 unspecified atom stereocenters. The maximum absolute atomic E-state index is 4.54. The number of anilines is 2. The Bertz CT molecular complexity index is 607. The number of benzene rings is 1. The lowest BCUT2D eigenvalue weighted by molar-refractivity contribution is 0.405. The van der Waals surface area contributed by atoms with Gasteiger partial charge in [-0.1, -0.05) is 29.8 Å². The molecule has 0 bridgehead atoms. The predicted molar refractivity (Wildman–Crippen MR) is 96.9 cm³/mol. The minimum Gasteiger partial charge on any atom is -0.366 e. The molecule has 2 aromatic rings. The van der Waals surface area contributed by atoms with E-state index in [9.17, 15) is 0 Å². The lowest BCUT2D eigenvalue weighted by Gasteiger charge is -2.12. The van der Waals surface area contributed by atoms with E-state index in [0.29, 0.717) is 5.95 Å². The van der Waals surface area contributed by atoms with Gasteiger partial charge in [-0.2, -0.15) is 4.98 Å². The summed E-state index contributed by atoms with van der Waals surface area (Å²) in [4.78, 5) is 11.2. The first kappa shape index (κ1) is 17.2. The summed E-state index contributed by atoms with van der Waals surface area (Å²) in [6, 6.07) is 10.5. The third-order valence-electron chi connectivity index (χ3n) is 3.51. The van der Waals surface area contributed by atoms with Gasteiger partial charge in [-0.15, -0.1) is 0 Å². The van der Waals surface area contributed by atoms with Crippen molar-refractivity contribution in [3.8, 4) is 0 Å². The monoisotopic (exact) mass is 313 g/mol. The molecule has 0 radical (unpaired) electrons. The van der Waals surface area contributed by atoms with Gasteiger partial charge in [-0.25, -0.2) is 4.98 Å². The zero-order chi connectivity index (χ0) is 16.7. The first-order chi connectivity index (χ1) is 11.0. The molecule has 0 aliphatic rings. The molecule has 1 heterocycles. The molecule has 1 aromatic carbocycles. The van der Waals surface area contributed by atoms with Crippen LogP contribution in [0.3, 0.4) is 0 Å². The van der Waals surface area contributed by atoms with Gasteiger partial charge >= 0.3 is 0 Å². The summed E-state index contributed by atoms with van der Waals surface area (Å²) < 4.78 is 0. The van der Waals surface area contributed by atoms with Gasteiger partial charge in [0.05, 0.1) is 0 Å². The quantitative estimate of drug-likeness (QED) is 0.734. The van der Waals surface area contributed by atoms with Crippen LogP contribution in [0.2, 0.25) is 0 Å². The molecule has 5 heteroatoms. The molecule has 0 fully saturated rings. The molecule has 2 N–H and O–H groups in total. The van der Waals surface area contributed by atoms with Crippen LogP contribution >= 0.6 is 0 Å². The summed E-state index contributed by atoms with van der Waals surface area (Å²) >= 11 is 0. The molecule has 5 nitrogen and oxygen atoms in total. The number of aryl methyl sites for hydroxylation is 2. The molecule has 2 rings (SSSR count). The van der Waals surface area contributed by atoms with E-state index in [1.54, 1.807) is 0 Å². The van der Waals surface area contributed by atoms with Crippen molar-refractivity contribution in [3.63, 3.8) is 0 Å². The fraction of sp³-hybridized carbons (Fsp3) is 0.444. The van der Waals surface area contributed by atoms with Crippen LogP contribution in [0, 0.1) is 13.8 Å². The molecule has 0 saturated heterocycles. The third-order valence-corrected chi connectivity index (χ3v) is 3.51. The Hall–Kier alpha value is -2.14. The molecule has 0 spiro atoms. The highest BCUT2D eigenvalue weighted by molar-refractivity contribution is 5.42. The maximum atomic E-state index is 4.54. The van der Waals surface area contributed by atoms with Crippen molar-refractivity contribution in [1.29, 1.82) is 0 Å². The number of nitrogens with one attached hydrogen (secondary N) is 2. The molecular weight excluding hydrogens is 286 g/mol. The lowest BCUT2D eigenvalue weighted by atomic mass is 10.1.